The second-order valence-electron chi connectivity index (χ2n) is 5.14. The number of benzene rings is 1. The van der Waals surface area contributed by atoms with Crippen molar-refractivity contribution in [1.82, 2.24) is 4.90 Å². The van der Waals surface area contributed by atoms with Gasteiger partial charge in [0.2, 0.25) is 0 Å². The van der Waals surface area contributed by atoms with E-state index in [1.165, 1.54) is 6.42 Å². The maximum atomic E-state index is 9.94. The zero-order valence-electron chi connectivity index (χ0n) is 11.1. The van der Waals surface area contributed by atoms with Gasteiger partial charge in [-0.3, -0.25) is 4.90 Å². The molecule has 0 aliphatic heterocycles. The van der Waals surface area contributed by atoms with E-state index in [0.29, 0.717) is 17.7 Å². The Kier molecular flexibility index (Phi) is 5.47. The minimum absolute atomic E-state index is 0.357. The molecule has 0 aromatic heterocycles. The summed E-state index contributed by atoms with van der Waals surface area (Å²) in [6, 6.07) is 6.31. The monoisotopic (exact) mass is 299 g/mol. The number of phenolic OH excluding ortho intramolecular Hbond substituents is 1. The van der Waals surface area contributed by atoms with Crippen LogP contribution in [0.3, 0.4) is 0 Å². The van der Waals surface area contributed by atoms with Crippen LogP contribution in [0.5, 0.6) is 5.75 Å². The standard InChI is InChI=1S/C14H22BrNO/c1-10(2)8-11(3)16(4)9-12-6-5-7-13(15)14(12)17/h5-7,10-11,17H,8-9H2,1-4H3. The number of hydrogen-bond donors (Lipinski definition) is 1. The maximum absolute atomic E-state index is 9.94. The first-order valence-corrected chi connectivity index (χ1v) is 6.87. The molecule has 0 amide bonds. The van der Waals surface area contributed by atoms with E-state index in [-0.39, 0.29) is 0 Å². The molecule has 0 fully saturated rings. The molecule has 0 bridgehead atoms. The highest BCUT2D eigenvalue weighted by atomic mass is 79.9. The van der Waals surface area contributed by atoms with Crippen LogP contribution in [0.15, 0.2) is 22.7 Å². The molecule has 96 valence electrons. The number of nitrogens with zero attached hydrogens (tertiary/aromatic N) is 1. The van der Waals surface area contributed by atoms with Gasteiger partial charge >= 0.3 is 0 Å². The van der Waals surface area contributed by atoms with Crippen molar-refractivity contribution in [2.24, 2.45) is 5.92 Å². The molecule has 3 heteroatoms. The lowest BCUT2D eigenvalue weighted by Crippen LogP contribution is -2.29. The number of rotatable bonds is 5. The zero-order valence-corrected chi connectivity index (χ0v) is 12.7. The summed E-state index contributed by atoms with van der Waals surface area (Å²) in [5.41, 5.74) is 0.970. The van der Waals surface area contributed by atoms with Crippen molar-refractivity contribution in [1.29, 1.82) is 0 Å². The molecule has 0 spiro atoms. The first-order chi connectivity index (χ1) is 7.91. The quantitative estimate of drug-likeness (QED) is 0.887. The summed E-state index contributed by atoms with van der Waals surface area (Å²) in [6.07, 6.45) is 1.17. The topological polar surface area (TPSA) is 23.5 Å². The highest BCUT2D eigenvalue weighted by Crippen LogP contribution is 2.28. The van der Waals surface area contributed by atoms with E-state index in [1.807, 2.05) is 18.2 Å². The average molecular weight is 300 g/mol. The SMILES string of the molecule is CC(C)CC(C)N(C)Cc1cccc(Br)c1O. The van der Waals surface area contributed by atoms with Crippen LogP contribution in [0.1, 0.15) is 32.8 Å². The molecular weight excluding hydrogens is 278 g/mol. The molecule has 0 aliphatic rings. The minimum Gasteiger partial charge on any atom is -0.506 e. The normalized spacial score (nSPS) is 13.4. The van der Waals surface area contributed by atoms with Gasteiger partial charge in [0.25, 0.3) is 0 Å². The predicted molar refractivity (Wildman–Crippen MR) is 76.2 cm³/mol. The average Bonchev–Trinajstić information content (AvgIpc) is 2.23. The van der Waals surface area contributed by atoms with Gasteiger partial charge in [-0.2, -0.15) is 0 Å². The molecular formula is C14H22BrNO. The van der Waals surface area contributed by atoms with Gasteiger partial charge in [-0.1, -0.05) is 26.0 Å². The third-order valence-corrected chi connectivity index (χ3v) is 3.69. The smallest absolute Gasteiger partial charge is 0.134 e. The van der Waals surface area contributed by atoms with Crippen LogP contribution in [0.4, 0.5) is 0 Å². The van der Waals surface area contributed by atoms with E-state index in [1.54, 1.807) is 0 Å². The third-order valence-electron chi connectivity index (χ3n) is 3.06. The van der Waals surface area contributed by atoms with Crippen LogP contribution < -0.4 is 0 Å². The van der Waals surface area contributed by atoms with Gasteiger partial charge in [0.1, 0.15) is 5.75 Å². The number of phenols is 1. The number of hydrogen-bond acceptors (Lipinski definition) is 2. The summed E-state index contributed by atoms with van der Waals surface area (Å²) < 4.78 is 0.764. The molecule has 0 saturated heterocycles. The van der Waals surface area contributed by atoms with Crippen LogP contribution >= 0.6 is 15.9 Å². The Labute approximate surface area is 113 Å². The van der Waals surface area contributed by atoms with Gasteiger partial charge in [0.15, 0.2) is 0 Å². The summed E-state index contributed by atoms with van der Waals surface area (Å²) >= 11 is 3.34. The van der Waals surface area contributed by atoms with E-state index in [0.717, 1.165) is 16.6 Å². The molecule has 2 nitrogen and oxygen atoms in total. The van der Waals surface area contributed by atoms with Crippen molar-refractivity contribution in [3.8, 4) is 5.75 Å². The van der Waals surface area contributed by atoms with Gasteiger partial charge in [-0.05, 0) is 48.3 Å². The van der Waals surface area contributed by atoms with Crippen molar-refractivity contribution >= 4 is 15.9 Å². The van der Waals surface area contributed by atoms with E-state index in [2.05, 4.69) is 48.6 Å². The molecule has 17 heavy (non-hydrogen) atoms. The lowest BCUT2D eigenvalue weighted by atomic mass is 10.0. The van der Waals surface area contributed by atoms with Gasteiger partial charge in [0, 0.05) is 18.2 Å². The van der Waals surface area contributed by atoms with Crippen LogP contribution in [0.25, 0.3) is 0 Å². The Hall–Kier alpha value is -0.540. The molecule has 0 saturated carbocycles. The van der Waals surface area contributed by atoms with Crippen molar-refractivity contribution in [3.05, 3.63) is 28.2 Å². The van der Waals surface area contributed by atoms with Crippen LogP contribution in [0.2, 0.25) is 0 Å². The maximum Gasteiger partial charge on any atom is 0.134 e. The van der Waals surface area contributed by atoms with E-state index >= 15 is 0 Å². The lowest BCUT2D eigenvalue weighted by molar-refractivity contribution is 0.218. The summed E-state index contributed by atoms with van der Waals surface area (Å²) in [4.78, 5) is 2.28. The zero-order chi connectivity index (χ0) is 13.0. The van der Waals surface area contributed by atoms with Gasteiger partial charge in [-0.25, -0.2) is 0 Å². The van der Waals surface area contributed by atoms with Crippen molar-refractivity contribution in [2.75, 3.05) is 7.05 Å². The number of para-hydroxylation sites is 1. The Morgan fingerprint density at radius 2 is 1.94 bits per heavy atom. The molecule has 0 aliphatic carbocycles. The number of aromatic hydroxyl groups is 1. The second-order valence-corrected chi connectivity index (χ2v) is 6.00. The van der Waals surface area contributed by atoms with Crippen LogP contribution in [0, 0.1) is 5.92 Å². The second kappa shape index (κ2) is 6.41. The number of halogens is 1. The van der Waals surface area contributed by atoms with Crippen molar-refractivity contribution in [2.45, 2.75) is 39.8 Å². The molecule has 1 aromatic carbocycles. The fraction of sp³-hybridized carbons (Fsp3) is 0.571. The first kappa shape index (κ1) is 14.5. The van der Waals surface area contributed by atoms with E-state index in [9.17, 15) is 5.11 Å². The predicted octanol–water partition coefficient (Wildman–Crippen LogP) is 4.02. The summed E-state index contributed by atoms with van der Waals surface area (Å²) in [6.45, 7) is 7.48. The fourth-order valence-corrected chi connectivity index (χ4v) is 2.38. The van der Waals surface area contributed by atoms with Gasteiger partial charge < -0.3 is 5.11 Å². The van der Waals surface area contributed by atoms with Crippen LogP contribution in [-0.4, -0.2) is 23.1 Å². The summed E-state index contributed by atoms with van der Waals surface area (Å²) in [5, 5.41) is 9.94. The molecule has 1 atom stereocenters. The molecule has 1 aromatic rings. The molecule has 1 rings (SSSR count). The third kappa shape index (κ3) is 4.32. The fourth-order valence-electron chi connectivity index (χ4n) is 1.97. The highest BCUT2D eigenvalue weighted by molar-refractivity contribution is 9.10. The summed E-state index contributed by atoms with van der Waals surface area (Å²) in [5.74, 6) is 1.06. The highest BCUT2D eigenvalue weighted by Gasteiger charge is 2.13. The largest absolute Gasteiger partial charge is 0.506 e. The Balaban J connectivity index is 2.67. The van der Waals surface area contributed by atoms with Crippen molar-refractivity contribution in [3.63, 3.8) is 0 Å². The molecule has 1 N–H and O–H groups in total. The Morgan fingerprint density at radius 3 is 2.53 bits per heavy atom. The molecule has 0 radical (unpaired) electrons. The van der Waals surface area contributed by atoms with Gasteiger partial charge in [0.05, 0.1) is 4.47 Å². The first-order valence-electron chi connectivity index (χ1n) is 6.08. The Bertz CT molecular complexity index is 365. The molecule has 0 heterocycles. The Morgan fingerprint density at radius 1 is 1.29 bits per heavy atom. The van der Waals surface area contributed by atoms with Crippen molar-refractivity contribution < 1.29 is 5.11 Å². The van der Waals surface area contributed by atoms with Crippen LogP contribution in [-0.2, 0) is 6.54 Å². The lowest BCUT2D eigenvalue weighted by Gasteiger charge is -2.26. The summed E-state index contributed by atoms with van der Waals surface area (Å²) in [7, 11) is 2.10. The van der Waals surface area contributed by atoms with Gasteiger partial charge in [-0.15, -0.1) is 0 Å². The van der Waals surface area contributed by atoms with E-state index in [4.69, 9.17) is 0 Å². The van der Waals surface area contributed by atoms with E-state index < -0.39 is 0 Å². The molecule has 1 unspecified atom stereocenters. The minimum atomic E-state index is 0.357.